The van der Waals surface area contributed by atoms with Crippen LogP contribution >= 0.6 is 0 Å². The Kier molecular flexibility index (Phi) is 4.17. The summed E-state index contributed by atoms with van der Waals surface area (Å²) in [7, 11) is 0. The number of aliphatic hydroxyl groups excluding tert-OH is 1. The number of rotatable bonds is 4. The van der Waals surface area contributed by atoms with Crippen LogP contribution in [0.5, 0.6) is 11.6 Å². The van der Waals surface area contributed by atoms with Crippen LogP contribution in [0.25, 0.3) is 0 Å². The van der Waals surface area contributed by atoms with Crippen molar-refractivity contribution in [3.63, 3.8) is 0 Å². The summed E-state index contributed by atoms with van der Waals surface area (Å²) in [5.41, 5.74) is 2.49. The maximum Gasteiger partial charge on any atom is 0.222 e. The highest BCUT2D eigenvalue weighted by Crippen LogP contribution is 2.27. The van der Waals surface area contributed by atoms with Crippen molar-refractivity contribution in [2.45, 2.75) is 13.0 Å². The summed E-state index contributed by atoms with van der Waals surface area (Å²) >= 11 is 0. The predicted molar refractivity (Wildman–Crippen MR) is 86.0 cm³/mol. The van der Waals surface area contributed by atoms with E-state index >= 15 is 0 Å². The summed E-state index contributed by atoms with van der Waals surface area (Å²) in [6, 6.07) is 21.0. The molecular formula is C19H17NO2. The number of pyridine rings is 1. The molecule has 0 aliphatic rings. The van der Waals surface area contributed by atoms with Crippen molar-refractivity contribution in [3.8, 4) is 11.6 Å². The highest BCUT2D eigenvalue weighted by molar-refractivity contribution is 5.36. The van der Waals surface area contributed by atoms with Crippen LogP contribution in [0.4, 0.5) is 0 Å². The molecule has 0 bridgehead atoms. The lowest BCUT2D eigenvalue weighted by Gasteiger charge is -2.13. The fraction of sp³-hybridized carbons (Fsp3) is 0.105. The summed E-state index contributed by atoms with van der Waals surface area (Å²) in [4.78, 5) is 4.34. The predicted octanol–water partition coefficient (Wildman–Crippen LogP) is 4.26. The van der Waals surface area contributed by atoms with Crippen molar-refractivity contribution in [3.05, 3.63) is 89.6 Å². The molecule has 3 rings (SSSR count). The van der Waals surface area contributed by atoms with E-state index in [4.69, 9.17) is 4.74 Å². The van der Waals surface area contributed by atoms with E-state index in [1.807, 2.05) is 73.7 Å². The van der Waals surface area contributed by atoms with Crippen LogP contribution < -0.4 is 4.74 Å². The molecule has 0 aliphatic carbocycles. The van der Waals surface area contributed by atoms with Gasteiger partial charge < -0.3 is 9.84 Å². The van der Waals surface area contributed by atoms with Crippen LogP contribution in [-0.4, -0.2) is 10.1 Å². The van der Waals surface area contributed by atoms with Gasteiger partial charge >= 0.3 is 0 Å². The highest BCUT2D eigenvalue weighted by Gasteiger charge is 2.13. The molecule has 1 aromatic heterocycles. The minimum Gasteiger partial charge on any atom is -0.439 e. The molecule has 0 fully saturated rings. The van der Waals surface area contributed by atoms with Gasteiger partial charge in [-0.05, 0) is 30.7 Å². The standard InChI is InChI=1S/C19H17NO2/c1-14-12-16(18(21)15-8-4-2-5-9-15)13-20-19(14)22-17-10-6-3-7-11-17/h2-13,18,21H,1H3/t18-/m0/s1. The van der Waals surface area contributed by atoms with Gasteiger partial charge in [-0.25, -0.2) is 4.98 Å². The molecule has 0 saturated heterocycles. The van der Waals surface area contributed by atoms with Gasteiger partial charge in [-0.3, -0.25) is 0 Å². The average Bonchev–Trinajstić information content (AvgIpc) is 2.58. The third-order valence-electron chi connectivity index (χ3n) is 3.44. The lowest BCUT2D eigenvalue weighted by Crippen LogP contribution is -2.02. The Bertz CT molecular complexity index is 742. The second-order valence-electron chi connectivity index (χ2n) is 5.12. The minimum absolute atomic E-state index is 0.551. The van der Waals surface area contributed by atoms with Gasteiger partial charge in [0, 0.05) is 17.3 Å². The molecule has 0 amide bonds. The van der Waals surface area contributed by atoms with Gasteiger partial charge in [0.25, 0.3) is 0 Å². The van der Waals surface area contributed by atoms with Crippen molar-refractivity contribution < 1.29 is 9.84 Å². The molecule has 0 saturated carbocycles. The van der Waals surface area contributed by atoms with E-state index in [9.17, 15) is 5.11 Å². The Labute approximate surface area is 129 Å². The van der Waals surface area contributed by atoms with Gasteiger partial charge in [-0.1, -0.05) is 48.5 Å². The van der Waals surface area contributed by atoms with Crippen LogP contribution in [0.15, 0.2) is 72.9 Å². The van der Waals surface area contributed by atoms with Crippen molar-refractivity contribution in [1.29, 1.82) is 0 Å². The number of aromatic nitrogens is 1. The number of hydrogen-bond donors (Lipinski definition) is 1. The second-order valence-corrected chi connectivity index (χ2v) is 5.12. The van der Waals surface area contributed by atoms with Gasteiger partial charge in [-0.15, -0.1) is 0 Å². The van der Waals surface area contributed by atoms with Crippen molar-refractivity contribution in [2.24, 2.45) is 0 Å². The summed E-state index contributed by atoms with van der Waals surface area (Å²) < 4.78 is 5.76. The first-order valence-corrected chi connectivity index (χ1v) is 7.16. The van der Waals surface area contributed by atoms with Crippen molar-refractivity contribution in [2.75, 3.05) is 0 Å². The lowest BCUT2D eigenvalue weighted by molar-refractivity contribution is 0.219. The van der Waals surface area contributed by atoms with Gasteiger partial charge in [0.2, 0.25) is 5.88 Å². The number of benzene rings is 2. The zero-order valence-electron chi connectivity index (χ0n) is 12.3. The van der Waals surface area contributed by atoms with E-state index in [1.165, 1.54) is 0 Å². The van der Waals surface area contributed by atoms with Gasteiger partial charge in [0.1, 0.15) is 11.9 Å². The van der Waals surface area contributed by atoms with E-state index in [1.54, 1.807) is 6.20 Å². The first-order chi connectivity index (χ1) is 10.7. The topological polar surface area (TPSA) is 42.4 Å². The smallest absolute Gasteiger partial charge is 0.222 e. The molecule has 1 heterocycles. The summed E-state index contributed by atoms with van der Waals surface area (Å²) in [6.45, 7) is 1.92. The average molecular weight is 291 g/mol. The van der Waals surface area contributed by atoms with Crippen LogP contribution in [0, 0.1) is 6.92 Å². The zero-order chi connectivity index (χ0) is 15.4. The fourth-order valence-electron chi connectivity index (χ4n) is 2.27. The van der Waals surface area contributed by atoms with Crippen LogP contribution in [0.2, 0.25) is 0 Å². The molecule has 110 valence electrons. The first kappa shape index (κ1) is 14.3. The largest absolute Gasteiger partial charge is 0.439 e. The summed E-state index contributed by atoms with van der Waals surface area (Å²) in [5, 5.41) is 10.4. The Morgan fingerprint density at radius 3 is 2.18 bits per heavy atom. The summed E-state index contributed by atoms with van der Waals surface area (Å²) in [5.74, 6) is 1.30. The number of nitrogens with zero attached hydrogens (tertiary/aromatic N) is 1. The Morgan fingerprint density at radius 2 is 1.55 bits per heavy atom. The van der Waals surface area contributed by atoms with Gasteiger partial charge in [-0.2, -0.15) is 0 Å². The normalized spacial score (nSPS) is 11.9. The van der Waals surface area contributed by atoms with E-state index in [2.05, 4.69) is 4.98 Å². The molecule has 1 atom stereocenters. The Morgan fingerprint density at radius 1 is 0.909 bits per heavy atom. The number of aryl methyl sites for hydroxylation is 1. The van der Waals surface area contributed by atoms with E-state index < -0.39 is 6.10 Å². The monoisotopic (exact) mass is 291 g/mol. The number of para-hydroxylation sites is 1. The van der Waals surface area contributed by atoms with Crippen LogP contribution in [0.1, 0.15) is 22.8 Å². The first-order valence-electron chi connectivity index (χ1n) is 7.16. The van der Waals surface area contributed by atoms with Gasteiger partial charge in [0.05, 0.1) is 0 Å². The fourth-order valence-corrected chi connectivity index (χ4v) is 2.27. The zero-order valence-corrected chi connectivity index (χ0v) is 12.3. The summed E-state index contributed by atoms with van der Waals surface area (Å²) in [6.07, 6.45) is 0.973. The Hall–Kier alpha value is -2.65. The molecule has 0 spiro atoms. The molecule has 3 heteroatoms. The number of hydrogen-bond acceptors (Lipinski definition) is 3. The quantitative estimate of drug-likeness (QED) is 0.780. The van der Waals surface area contributed by atoms with Gasteiger partial charge in [0.15, 0.2) is 0 Å². The SMILES string of the molecule is Cc1cc([C@@H](O)c2ccccc2)cnc1Oc1ccccc1. The third kappa shape index (κ3) is 3.15. The second kappa shape index (κ2) is 6.41. The number of ether oxygens (including phenoxy) is 1. The van der Waals surface area contributed by atoms with Crippen molar-refractivity contribution >= 4 is 0 Å². The minimum atomic E-state index is -0.682. The molecular weight excluding hydrogens is 274 g/mol. The van der Waals surface area contributed by atoms with E-state index in [-0.39, 0.29) is 0 Å². The Balaban J connectivity index is 1.83. The molecule has 3 aromatic rings. The molecule has 0 unspecified atom stereocenters. The van der Waals surface area contributed by atoms with Crippen LogP contribution in [-0.2, 0) is 0 Å². The molecule has 2 aromatic carbocycles. The number of aliphatic hydroxyl groups is 1. The van der Waals surface area contributed by atoms with Crippen molar-refractivity contribution in [1.82, 2.24) is 4.98 Å². The highest BCUT2D eigenvalue weighted by atomic mass is 16.5. The third-order valence-corrected chi connectivity index (χ3v) is 3.44. The molecule has 0 radical (unpaired) electrons. The molecule has 0 aliphatic heterocycles. The maximum absolute atomic E-state index is 10.4. The molecule has 3 nitrogen and oxygen atoms in total. The lowest BCUT2D eigenvalue weighted by atomic mass is 10.0. The van der Waals surface area contributed by atoms with E-state index in [0.717, 1.165) is 22.4 Å². The molecule has 22 heavy (non-hydrogen) atoms. The maximum atomic E-state index is 10.4. The van der Waals surface area contributed by atoms with Crippen LogP contribution in [0.3, 0.4) is 0 Å². The van der Waals surface area contributed by atoms with E-state index in [0.29, 0.717) is 5.88 Å². The molecule has 1 N–H and O–H groups in total.